The van der Waals surface area contributed by atoms with Crippen LogP contribution in [0.3, 0.4) is 0 Å². The molecule has 0 bridgehead atoms. The summed E-state index contributed by atoms with van der Waals surface area (Å²) in [5.74, 6) is 0.0587. The zero-order chi connectivity index (χ0) is 17.1. The van der Waals surface area contributed by atoms with Gasteiger partial charge in [0.1, 0.15) is 0 Å². The number of hydrogen-bond acceptors (Lipinski definition) is 3. The van der Waals surface area contributed by atoms with Crippen LogP contribution in [0, 0.1) is 0 Å². The molecule has 24 heavy (non-hydrogen) atoms. The Morgan fingerprint density at radius 1 is 1.33 bits per heavy atom. The molecule has 0 saturated heterocycles. The summed E-state index contributed by atoms with van der Waals surface area (Å²) in [6.45, 7) is 2.15. The largest absolute Gasteiger partial charge is 0.361 e. The molecule has 2 N–H and O–H groups in total. The van der Waals surface area contributed by atoms with E-state index in [1.165, 1.54) is 0 Å². The maximum Gasteiger partial charge on any atom is 0.313 e. The summed E-state index contributed by atoms with van der Waals surface area (Å²) < 4.78 is 0. The number of aromatic nitrogens is 1. The lowest BCUT2D eigenvalue weighted by Gasteiger charge is -2.24. The number of H-pyrrole nitrogens is 1. The van der Waals surface area contributed by atoms with E-state index in [-0.39, 0.29) is 6.04 Å². The summed E-state index contributed by atoms with van der Waals surface area (Å²) in [6, 6.07) is 7.65. The molecule has 2 aromatic rings. The third-order valence-electron chi connectivity index (χ3n) is 4.66. The zero-order valence-electron chi connectivity index (χ0n) is 14.0. The molecule has 0 unspecified atom stereocenters. The zero-order valence-corrected chi connectivity index (χ0v) is 14.9. The maximum absolute atomic E-state index is 12.5. The Balaban J connectivity index is 1.64. The number of carbonyl (C=O) groups excluding carboxylic acids is 2. The van der Waals surface area contributed by atoms with Crippen LogP contribution in [0.4, 0.5) is 5.69 Å². The monoisotopic (exact) mass is 345 g/mol. The van der Waals surface area contributed by atoms with Crippen LogP contribution in [-0.2, 0) is 9.59 Å². The number of thioether (sulfide) groups is 1. The van der Waals surface area contributed by atoms with Crippen LogP contribution in [0.25, 0.3) is 10.9 Å². The smallest absolute Gasteiger partial charge is 0.313 e. The fraction of sp³-hybridized carbons (Fsp3) is 0.444. The highest BCUT2D eigenvalue weighted by molar-refractivity contribution is 7.99. The lowest BCUT2D eigenvalue weighted by Crippen LogP contribution is -2.42. The molecule has 0 aliphatic heterocycles. The molecule has 0 radical (unpaired) electrons. The SMILES string of the molecule is CCS[C@H]1CC[C@H](N(C)C(=O)C(=O)Nc2cccc3[nH]ccc23)C1. The molecule has 1 aliphatic carbocycles. The van der Waals surface area contributed by atoms with Crippen molar-refractivity contribution in [1.82, 2.24) is 9.88 Å². The van der Waals surface area contributed by atoms with Gasteiger partial charge in [-0.05, 0) is 43.2 Å². The highest BCUT2D eigenvalue weighted by Gasteiger charge is 2.32. The van der Waals surface area contributed by atoms with Gasteiger partial charge in [-0.3, -0.25) is 9.59 Å². The average Bonchev–Trinajstić information content (AvgIpc) is 3.23. The Kier molecular flexibility index (Phi) is 5.14. The average molecular weight is 345 g/mol. The van der Waals surface area contributed by atoms with Crippen molar-refractivity contribution < 1.29 is 9.59 Å². The molecular weight excluding hydrogens is 322 g/mol. The number of anilines is 1. The molecule has 6 heteroatoms. The van der Waals surface area contributed by atoms with Gasteiger partial charge in [-0.1, -0.05) is 13.0 Å². The van der Waals surface area contributed by atoms with Crippen LogP contribution in [0.15, 0.2) is 30.5 Å². The molecular formula is C18H23N3O2S. The van der Waals surface area contributed by atoms with Gasteiger partial charge >= 0.3 is 11.8 Å². The van der Waals surface area contributed by atoms with E-state index >= 15 is 0 Å². The Bertz CT molecular complexity index is 743. The van der Waals surface area contributed by atoms with E-state index in [9.17, 15) is 9.59 Å². The number of nitrogens with zero attached hydrogens (tertiary/aromatic N) is 1. The number of aromatic amines is 1. The predicted molar refractivity (Wildman–Crippen MR) is 99.3 cm³/mol. The minimum atomic E-state index is -0.571. The molecule has 5 nitrogen and oxygen atoms in total. The van der Waals surface area contributed by atoms with Crippen LogP contribution in [0.5, 0.6) is 0 Å². The van der Waals surface area contributed by atoms with E-state index in [4.69, 9.17) is 0 Å². The summed E-state index contributed by atoms with van der Waals surface area (Å²) in [5.41, 5.74) is 1.59. The van der Waals surface area contributed by atoms with Crippen LogP contribution in [-0.4, -0.2) is 45.8 Å². The van der Waals surface area contributed by atoms with Gasteiger partial charge in [0.15, 0.2) is 0 Å². The Morgan fingerprint density at radius 3 is 2.96 bits per heavy atom. The second kappa shape index (κ2) is 7.30. The lowest BCUT2D eigenvalue weighted by molar-refractivity contribution is -0.143. The predicted octanol–water partition coefficient (Wildman–Crippen LogP) is 3.24. The number of nitrogens with one attached hydrogen (secondary N) is 2. The number of amides is 2. The normalized spacial score (nSPS) is 20.2. The van der Waals surface area contributed by atoms with Gasteiger partial charge in [0.25, 0.3) is 0 Å². The number of benzene rings is 1. The summed E-state index contributed by atoms with van der Waals surface area (Å²) in [6.07, 6.45) is 4.88. The van der Waals surface area contributed by atoms with Crippen molar-refractivity contribution in [2.75, 3.05) is 18.1 Å². The molecule has 128 valence electrons. The highest BCUT2D eigenvalue weighted by atomic mass is 32.2. The van der Waals surface area contributed by atoms with Gasteiger partial charge in [-0.15, -0.1) is 0 Å². The van der Waals surface area contributed by atoms with Gasteiger partial charge in [-0.25, -0.2) is 0 Å². The summed E-state index contributed by atoms with van der Waals surface area (Å²) >= 11 is 1.94. The maximum atomic E-state index is 12.5. The van der Waals surface area contributed by atoms with E-state index in [1.807, 2.05) is 42.2 Å². The van der Waals surface area contributed by atoms with Crippen molar-refractivity contribution in [3.05, 3.63) is 30.5 Å². The minimum absolute atomic E-state index is 0.162. The van der Waals surface area contributed by atoms with E-state index in [2.05, 4.69) is 17.2 Å². The molecule has 0 spiro atoms. The Morgan fingerprint density at radius 2 is 2.17 bits per heavy atom. The molecule has 1 fully saturated rings. The van der Waals surface area contributed by atoms with Gasteiger partial charge in [0, 0.05) is 35.4 Å². The van der Waals surface area contributed by atoms with Crippen LogP contribution < -0.4 is 5.32 Å². The van der Waals surface area contributed by atoms with Gasteiger partial charge in [-0.2, -0.15) is 11.8 Å². The first-order valence-corrected chi connectivity index (χ1v) is 9.41. The molecule has 1 heterocycles. The number of rotatable bonds is 4. The number of fused-ring (bicyclic) bond motifs is 1. The van der Waals surface area contributed by atoms with Crippen molar-refractivity contribution in [3.63, 3.8) is 0 Å². The van der Waals surface area contributed by atoms with Crippen molar-refractivity contribution in [2.24, 2.45) is 0 Å². The van der Waals surface area contributed by atoms with Crippen molar-refractivity contribution in [3.8, 4) is 0 Å². The molecule has 2 atom stereocenters. The lowest BCUT2D eigenvalue weighted by atomic mass is 10.2. The summed E-state index contributed by atoms with van der Waals surface area (Å²) in [5, 5.41) is 4.26. The first kappa shape index (κ1) is 16.9. The van der Waals surface area contributed by atoms with E-state index in [0.29, 0.717) is 10.9 Å². The number of carbonyl (C=O) groups is 2. The summed E-state index contributed by atoms with van der Waals surface area (Å²) in [4.78, 5) is 29.5. The molecule has 1 aromatic heterocycles. The minimum Gasteiger partial charge on any atom is -0.361 e. The molecule has 1 aromatic carbocycles. The molecule has 1 saturated carbocycles. The first-order chi connectivity index (χ1) is 11.6. The second-order valence-corrected chi connectivity index (χ2v) is 7.74. The van der Waals surface area contributed by atoms with Crippen molar-refractivity contribution in [2.45, 2.75) is 37.5 Å². The number of likely N-dealkylation sites (N-methyl/N-ethyl adjacent to an activating group) is 1. The van der Waals surface area contributed by atoms with E-state index < -0.39 is 11.8 Å². The van der Waals surface area contributed by atoms with E-state index in [0.717, 1.165) is 35.9 Å². The van der Waals surface area contributed by atoms with E-state index in [1.54, 1.807) is 11.9 Å². The fourth-order valence-electron chi connectivity index (χ4n) is 3.35. The van der Waals surface area contributed by atoms with Crippen molar-refractivity contribution >= 4 is 40.2 Å². The van der Waals surface area contributed by atoms with Crippen LogP contribution >= 0.6 is 11.8 Å². The number of hydrogen-bond donors (Lipinski definition) is 2. The second-order valence-electron chi connectivity index (χ2n) is 6.16. The summed E-state index contributed by atoms with van der Waals surface area (Å²) in [7, 11) is 1.74. The third kappa shape index (κ3) is 3.43. The topological polar surface area (TPSA) is 65.2 Å². The Hall–Kier alpha value is -1.95. The standard InChI is InChI=1S/C18H23N3O2S/c1-3-24-13-8-7-12(11-13)21(2)18(23)17(22)20-16-6-4-5-15-14(16)9-10-19-15/h4-6,9-10,12-13,19H,3,7-8,11H2,1-2H3,(H,20,22)/t12-,13-/m0/s1. The third-order valence-corrected chi connectivity index (χ3v) is 5.90. The van der Waals surface area contributed by atoms with Gasteiger partial charge < -0.3 is 15.2 Å². The van der Waals surface area contributed by atoms with Crippen LogP contribution in [0.2, 0.25) is 0 Å². The Labute approximate surface area is 146 Å². The van der Waals surface area contributed by atoms with Gasteiger partial charge in [0.05, 0.1) is 5.69 Å². The first-order valence-electron chi connectivity index (χ1n) is 8.36. The highest BCUT2D eigenvalue weighted by Crippen LogP contribution is 2.32. The molecule has 3 rings (SSSR count). The molecule has 2 amide bonds. The van der Waals surface area contributed by atoms with Crippen molar-refractivity contribution in [1.29, 1.82) is 0 Å². The van der Waals surface area contributed by atoms with Gasteiger partial charge in [0.2, 0.25) is 0 Å². The molecule has 1 aliphatic rings. The quantitative estimate of drug-likeness (QED) is 0.836. The fourth-order valence-corrected chi connectivity index (χ4v) is 4.48. The van der Waals surface area contributed by atoms with Crippen LogP contribution in [0.1, 0.15) is 26.2 Å².